The van der Waals surface area contributed by atoms with E-state index in [1.54, 1.807) is 0 Å². The van der Waals surface area contributed by atoms with Crippen molar-refractivity contribution >= 4 is 5.69 Å². The summed E-state index contributed by atoms with van der Waals surface area (Å²) in [4.78, 5) is 8.10. The van der Waals surface area contributed by atoms with Crippen molar-refractivity contribution in [3.8, 4) is 11.8 Å². The Morgan fingerprint density at radius 1 is 1.13 bits per heavy atom. The van der Waals surface area contributed by atoms with Gasteiger partial charge in [0.25, 0.3) is 0 Å². The molecule has 0 aliphatic rings. The molecule has 0 amide bonds. The minimum absolute atomic E-state index is 0.0122. The van der Waals surface area contributed by atoms with E-state index in [-0.39, 0.29) is 35.4 Å². The maximum atomic E-state index is 13.8. The average molecular weight is 323 g/mol. The number of aliphatic hydroxyl groups is 1. The maximum Gasteiger partial charge on any atom is 0.220 e. The van der Waals surface area contributed by atoms with E-state index in [0.29, 0.717) is 5.56 Å². The van der Waals surface area contributed by atoms with Gasteiger partial charge in [0.1, 0.15) is 11.9 Å². The quantitative estimate of drug-likeness (QED) is 0.776. The lowest BCUT2D eigenvalue weighted by Gasteiger charge is -2.16. The first kappa shape index (κ1) is 16.9. The Labute approximate surface area is 132 Å². The summed E-state index contributed by atoms with van der Waals surface area (Å²) in [7, 11) is 4.31. The summed E-state index contributed by atoms with van der Waals surface area (Å²) in [6, 6.07) is 3.85. The third-order valence-corrected chi connectivity index (χ3v) is 3.22. The first-order chi connectivity index (χ1) is 11.0. The van der Waals surface area contributed by atoms with E-state index in [0.717, 1.165) is 6.07 Å². The zero-order valence-corrected chi connectivity index (χ0v) is 13.0. The first-order valence-corrected chi connectivity index (χ1v) is 6.71. The molecule has 8 heteroatoms. The molecule has 1 aromatic carbocycles. The molecule has 0 radical (unpaired) electrons. The van der Waals surface area contributed by atoms with Crippen molar-refractivity contribution in [3.63, 3.8) is 0 Å². The molecule has 0 bridgehead atoms. The molecule has 0 aliphatic carbocycles. The minimum Gasteiger partial charge on any atom is -0.481 e. The van der Waals surface area contributed by atoms with Gasteiger partial charge in [-0.2, -0.15) is 9.97 Å². The van der Waals surface area contributed by atoms with Gasteiger partial charge in [0.15, 0.2) is 5.82 Å². The van der Waals surface area contributed by atoms with Crippen LogP contribution in [0.5, 0.6) is 11.8 Å². The molecular formula is C15H18FN3O4. The van der Waals surface area contributed by atoms with Gasteiger partial charge >= 0.3 is 0 Å². The molecule has 0 saturated carbocycles. The maximum absolute atomic E-state index is 13.8. The second kappa shape index (κ2) is 7.21. The molecule has 7 nitrogen and oxygen atoms in total. The molecule has 1 aromatic heterocycles. The second-order valence-corrected chi connectivity index (χ2v) is 4.71. The van der Waals surface area contributed by atoms with Crippen LogP contribution < -0.4 is 15.2 Å². The fourth-order valence-electron chi connectivity index (χ4n) is 2.09. The van der Waals surface area contributed by atoms with Gasteiger partial charge in [0.05, 0.1) is 26.9 Å². The number of ether oxygens (including phenoxy) is 3. The average Bonchev–Trinajstić information content (AvgIpc) is 2.56. The summed E-state index contributed by atoms with van der Waals surface area (Å²) in [6.45, 7) is 0.117. The minimum atomic E-state index is -1.34. The lowest BCUT2D eigenvalue weighted by Crippen LogP contribution is -2.11. The molecule has 1 unspecified atom stereocenters. The van der Waals surface area contributed by atoms with Gasteiger partial charge in [0.2, 0.25) is 11.8 Å². The number of rotatable bonds is 6. The highest BCUT2D eigenvalue weighted by Crippen LogP contribution is 2.30. The molecular weight excluding hydrogens is 305 g/mol. The highest BCUT2D eigenvalue weighted by atomic mass is 19.1. The fourth-order valence-corrected chi connectivity index (χ4v) is 2.09. The Morgan fingerprint density at radius 2 is 1.74 bits per heavy atom. The van der Waals surface area contributed by atoms with Crippen molar-refractivity contribution in [1.82, 2.24) is 9.97 Å². The molecule has 2 rings (SSSR count). The van der Waals surface area contributed by atoms with E-state index in [1.165, 1.54) is 33.5 Å². The van der Waals surface area contributed by atoms with E-state index >= 15 is 0 Å². The van der Waals surface area contributed by atoms with Gasteiger partial charge in [-0.15, -0.1) is 0 Å². The van der Waals surface area contributed by atoms with Crippen molar-refractivity contribution in [3.05, 3.63) is 41.0 Å². The number of hydrogen-bond donors (Lipinski definition) is 2. The number of benzene rings is 1. The predicted molar refractivity (Wildman–Crippen MR) is 80.7 cm³/mol. The number of nitrogen functional groups attached to an aromatic ring is 1. The Morgan fingerprint density at radius 3 is 2.26 bits per heavy atom. The van der Waals surface area contributed by atoms with E-state index in [2.05, 4.69) is 9.97 Å². The van der Waals surface area contributed by atoms with Crippen molar-refractivity contribution in [2.75, 3.05) is 27.1 Å². The van der Waals surface area contributed by atoms with Gasteiger partial charge in [-0.25, -0.2) is 4.39 Å². The predicted octanol–water partition coefficient (Wildman–Crippen LogP) is 1.44. The third-order valence-electron chi connectivity index (χ3n) is 3.22. The van der Waals surface area contributed by atoms with Gasteiger partial charge in [0, 0.05) is 23.9 Å². The van der Waals surface area contributed by atoms with Crippen molar-refractivity contribution in [1.29, 1.82) is 0 Å². The van der Waals surface area contributed by atoms with Crippen LogP contribution in [0.3, 0.4) is 0 Å². The fraction of sp³-hybridized carbons (Fsp3) is 0.333. The number of nitrogens with zero attached hydrogens (tertiary/aromatic N) is 2. The van der Waals surface area contributed by atoms with E-state index in [4.69, 9.17) is 19.9 Å². The zero-order valence-electron chi connectivity index (χ0n) is 13.0. The second-order valence-electron chi connectivity index (χ2n) is 4.71. The molecule has 2 aromatic rings. The van der Waals surface area contributed by atoms with Gasteiger partial charge in [-0.3, -0.25) is 0 Å². The van der Waals surface area contributed by atoms with Crippen LogP contribution in [-0.2, 0) is 11.3 Å². The van der Waals surface area contributed by atoms with Crippen LogP contribution in [0.1, 0.15) is 23.1 Å². The summed E-state index contributed by atoms with van der Waals surface area (Å²) in [5, 5.41) is 10.5. The Bertz CT molecular complexity index is 674. The van der Waals surface area contributed by atoms with Crippen LogP contribution in [0.25, 0.3) is 0 Å². The molecule has 0 spiro atoms. The zero-order chi connectivity index (χ0) is 17.0. The van der Waals surface area contributed by atoms with Crippen LogP contribution in [0.2, 0.25) is 0 Å². The standard InChI is InChI=1S/C15H18FN3O4/c1-21-7-8-4-9(16)5-10(13(8)17)14(20)15-18-11(22-2)6-12(19-15)23-3/h4-6,14,20H,7,17H2,1-3H3. The Hall–Kier alpha value is -2.45. The molecule has 23 heavy (non-hydrogen) atoms. The van der Waals surface area contributed by atoms with E-state index in [9.17, 15) is 9.50 Å². The van der Waals surface area contributed by atoms with Crippen LogP contribution in [0.4, 0.5) is 10.1 Å². The SMILES string of the molecule is COCc1cc(F)cc(C(O)c2nc(OC)cc(OC)n2)c1N. The number of halogens is 1. The van der Waals surface area contributed by atoms with E-state index in [1.807, 2.05) is 0 Å². The Kier molecular flexibility index (Phi) is 5.30. The molecule has 1 atom stereocenters. The summed E-state index contributed by atoms with van der Waals surface area (Å²) < 4.78 is 28.8. The molecule has 0 saturated heterocycles. The van der Waals surface area contributed by atoms with Crippen LogP contribution in [-0.4, -0.2) is 36.4 Å². The van der Waals surface area contributed by atoms with Gasteiger partial charge in [-0.05, 0) is 12.1 Å². The van der Waals surface area contributed by atoms with Crippen LogP contribution in [0.15, 0.2) is 18.2 Å². The van der Waals surface area contributed by atoms with Crippen molar-refractivity contribution < 1.29 is 23.7 Å². The molecule has 0 aliphatic heterocycles. The third kappa shape index (κ3) is 3.66. The van der Waals surface area contributed by atoms with Crippen molar-refractivity contribution in [2.24, 2.45) is 0 Å². The summed E-state index contributed by atoms with van der Waals surface area (Å²) >= 11 is 0. The number of aliphatic hydroxyl groups excluding tert-OH is 1. The summed E-state index contributed by atoms with van der Waals surface area (Å²) in [5.41, 5.74) is 6.78. The summed E-state index contributed by atoms with van der Waals surface area (Å²) in [5.74, 6) is -0.145. The van der Waals surface area contributed by atoms with Crippen LogP contribution >= 0.6 is 0 Å². The molecule has 3 N–H and O–H groups in total. The smallest absolute Gasteiger partial charge is 0.220 e. The number of nitrogens with two attached hydrogens (primary N) is 1. The molecule has 1 heterocycles. The van der Waals surface area contributed by atoms with Gasteiger partial charge < -0.3 is 25.1 Å². The molecule has 124 valence electrons. The highest BCUT2D eigenvalue weighted by Gasteiger charge is 2.21. The van der Waals surface area contributed by atoms with E-state index < -0.39 is 11.9 Å². The number of anilines is 1. The molecule has 0 fully saturated rings. The first-order valence-electron chi connectivity index (χ1n) is 6.71. The monoisotopic (exact) mass is 323 g/mol. The number of aromatic nitrogens is 2. The Balaban J connectivity index is 2.50. The largest absolute Gasteiger partial charge is 0.481 e. The summed E-state index contributed by atoms with van der Waals surface area (Å²) in [6.07, 6.45) is -1.34. The number of methoxy groups -OCH3 is 3. The van der Waals surface area contributed by atoms with Gasteiger partial charge in [-0.1, -0.05) is 0 Å². The lowest BCUT2D eigenvalue weighted by molar-refractivity contribution is 0.184. The van der Waals surface area contributed by atoms with Crippen LogP contribution in [0, 0.1) is 5.82 Å². The highest BCUT2D eigenvalue weighted by molar-refractivity contribution is 5.56. The number of hydrogen-bond acceptors (Lipinski definition) is 7. The lowest BCUT2D eigenvalue weighted by atomic mass is 10.0. The topological polar surface area (TPSA) is 99.7 Å². The van der Waals surface area contributed by atoms with Crippen molar-refractivity contribution in [2.45, 2.75) is 12.7 Å². The normalized spacial score (nSPS) is 12.0.